The van der Waals surface area contributed by atoms with E-state index in [1.807, 2.05) is 0 Å². The van der Waals surface area contributed by atoms with Gasteiger partial charge < -0.3 is 30.3 Å². The molecule has 0 aromatic rings. The van der Waals surface area contributed by atoms with Crippen LogP contribution < -0.4 is 0 Å². The summed E-state index contributed by atoms with van der Waals surface area (Å²) in [5.74, 6) is -0.742. The van der Waals surface area contributed by atoms with Gasteiger partial charge in [0, 0.05) is 5.92 Å². The Balaban J connectivity index is 2.93. The van der Waals surface area contributed by atoms with E-state index in [0.717, 1.165) is 0 Å². The van der Waals surface area contributed by atoms with E-state index < -0.39 is 59.4 Å². The van der Waals surface area contributed by atoms with E-state index in [0.29, 0.717) is 11.8 Å². The third-order valence-electron chi connectivity index (χ3n) is 3.00. The molecule has 0 aromatic carbocycles. The standard InChI is InChI=1S/C10H19NO10S2/c1-4(2-12)9(11-21-23(17,18)19)22-10-8(16)7(15)6(14)5(3-13)20-10/h4-8,10,12-16H,2-3H2,1H3,(H,17,18,19)/b11-9-/t4-,5+,6+,7-,8-,10-/m1/s1. The number of ether oxygens (including phenoxy) is 1. The van der Waals surface area contributed by atoms with Crippen molar-refractivity contribution in [2.75, 3.05) is 13.2 Å². The Kier molecular flexibility index (Phi) is 7.63. The molecular formula is C10H19NO10S2. The van der Waals surface area contributed by atoms with Crippen LogP contribution in [0.4, 0.5) is 0 Å². The van der Waals surface area contributed by atoms with Gasteiger partial charge in [0.15, 0.2) is 0 Å². The smallest absolute Gasteiger partial charge is 0.396 e. The number of hydrogen-bond acceptors (Lipinski definition) is 11. The average molecular weight is 377 g/mol. The molecule has 1 heterocycles. The van der Waals surface area contributed by atoms with Crippen molar-refractivity contribution < 1.29 is 47.5 Å². The Labute approximate surface area is 136 Å². The van der Waals surface area contributed by atoms with Crippen molar-refractivity contribution in [1.82, 2.24) is 0 Å². The summed E-state index contributed by atoms with van der Waals surface area (Å²) < 4.78 is 38.7. The fourth-order valence-corrected chi connectivity index (χ4v) is 3.02. The van der Waals surface area contributed by atoms with Crippen LogP contribution in [0.15, 0.2) is 5.16 Å². The summed E-state index contributed by atoms with van der Waals surface area (Å²) in [6, 6.07) is 0. The normalized spacial score (nSPS) is 34.2. The van der Waals surface area contributed by atoms with Crippen LogP contribution in [0, 0.1) is 5.92 Å². The lowest BCUT2D eigenvalue weighted by Gasteiger charge is -2.39. The van der Waals surface area contributed by atoms with Crippen LogP contribution in [-0.4, -0.2) is 86.6 Å². The minimum atomic E-state index is -4.87. The largest absolute Gasteiger partial charge is 0.466 e. The predicted molar refractivity (Wildman–Crippen MR) is 77.7 cm³/mol. The highest BCUT2D eigenvalue weighted by Crippen LogP contribution is 2.31. The molecule has 6 atom stereocenters. The van der Waals surface area contributed by atoms with E-state index in [1.165, 1.54) is 6.92 Å². The molecule has 6 N–H and O–H groups in total. The fraction of sp³-hybridized carbons (Fsp3) is 0.900. The molecule has 1 aliphatic heterocycles. The van der Waals surface area contributed by atoms with Gasteiger partial charge in [-0.2, -0.15) is 8.42 Å². The molecule has 0 spiro atoms. The van der Waals surface area contributed by atoms with E-state index in [9.17, 15) is 23.7 Å². The first-order valence-electron chi connectivity index (χ1n) is 6.42. The van der Waals surface area contributed by atoms with Crippen LogP contribution in [-0.2, 0) is 19.4 Å². The molecule has 1 aliphatic rings. The minimum Gasteiger partial charge on any atom is -0.396 e. The summed E-state index contributed by atoms with van der Waals surface area (Å²) in [7, 11) is -4.87. The Morgan fingerprint density at radius 3 is 2.35 bits per heavy atom. The quantitative estimate of drug-likeness (QED) is 0.122. The Hall–Kier alpha value is -0.510. The van der Waals surface area contributed by atoms with E-state index in [2.05, 4.69) is 9.44 Å². The lowest BCUT2D eigenvalue weighted by atomic mass is 10.0. The van der Waals surface area contributed by atoms with Gasteiger partial charge in [-0.1, -0.05) is 23.8 Å². The lowest BCUT2D eigenvalue weighted by Crippen LogP contribution is -2.57. The second-order valence-electron chi connectivity index (χ2n) is 4.83. The zero-order chi connectivity index (χ0) is 17.8. The van der Waals surface area contributed by atoms with E-state index in [1.54, 1.807) is 0 Å². The van der Waals surface area contributed by atoms with Gasteiger partial charge in [-0.05, 0) is 0 Å². The molecule has 13 heteroatoms. The molecular weight excluding hydrogens is 358 g/mol. The van der Waals surface area contributed by atoms with Gasteiger partial charge >= 0.3 is 10.4 Å². The highest BCUT2D eigenvalue weighted by atomic mass is 32.3. The fourth-order valence-electron chi connectivity index (χ4n) is 1.67. The maximum atomic E-state index is 10.6. The number of aliphatic hydroxyl groups is 5. The molecule has 0 radical (unpaired) electrons. The molecule has 0 bridgehead atoms. The molecule has 0 unspecified atom stereocenters. The van der Waals surface area contributed by atoms with Crippen LogP contribution >= 0.6 is 11.8 Å². The summed E-state index contributed by atoms with van der Waals surface area (Å²) in [5, 5.41) is 50.5. The van der Waals surface area contributed by atoms with Crippen molar-refractivity contribution in [3.8, 4) is 0 Å². The van der Waals surface area contributed by atoms with Gasteiger partial charge in [-0.25, -0.2) is 4.28 Å². The maximum absolute atomic E-state index is 10.6. The highest BCUT2D eigenvalue weighted by molar-refractivity contribution is 8.14. The molecule has 23 heavy (non-hydrogen) atoms. The lowest BCUT2D eigenvalue weighted by molar-refractivity contribution is -0.205. The van der Waals surface area contributed by atoms with E-state index in [-0.39, 0.29) is 5.04 Å². The van der Waals surface area contributed by atoms with Crippen LogP contribution in [0.5, 0.6) is 0 Å². The Bertz CT molecular complexity index is 510. The van der Waals surface area contributed by atoms with Crippen LogP contribution in [0.25, 0.3) is 0 Å². The first-order chi connectivity index (χ1) is 10.6. The summed E-state index contributed by atoms with van der Waals surface area (Å²) in [6.45, 7) is 0.354. The van der Waals surface area contributed by atoms with Gasteiger partial charge in [0.25, 0.3) is 0 Å². The highest BCUT2D eigenvalue weighted by Gasteiger charge is 2.44. The summed E-state index contributed by atoms with van der Waals surface area (Å²) in [5.41, 5.74) is -1.23. The van der Waals surface area contributed by atoms with Crippen molar-refractivity contribution in [3.05, 3.63) is 0 Å². The number of hydrogen-bond donors (Lipinski definition) is 6. The van der Waals surface area contributed by atoms with Gasteiger partial charge in [0.1, 0.15) is 34.9 Å². The number of oxime groups is 1. The third-order valence-corrected chi connectivity index (χ3v) is 4.61. The van der Waals surface area contributed by atoms with Crippen LogP contribution in [0.2, 0.25) is 0 Å². The molecule has 0 saturated carbocycles. The van der Waals surface area contributed by atoms with Gasteiger partial charge in [-0.3, -0.25) is 4.55 Å². The summed E-state index contributed by atoms with van der Waals surface area (Å²) >= 11 is 0.607. The molecule has 0 aromatic heterocycles. The number of rotatable bonds is 6. The van der Waals surface area contributed by atoms with Crippen molar-refractivity contribution in [3.63, 3.8) is 0 Å². The van der Waals surface area contributed by atoms with Crippen molar-refractivity contribution in [2.24, 2.45) is 11.1 Å². The topological polar surface area (TPSA) is 186 Å². The summed E-state index contributed by atoms with van der Waals surface area (Å²) in [4.78, 5) is 0. The molecule has 1 fully saturated rings. The summed E-state index contributed by atoms with van der Waals surface area (Å²) in [6.07, 6.45) is -5.90. The SMILES string of the molecule is C[C@H](CO)/C(=N/OS(=O)(=O)O)S[C@H]1O[C@@H](CO)[C@H](O)[C@@H](O)[C@H]1O. The first-order valence-corrected chi connectivity index (χ1v) is 8.67. The second kappa shape index (κ2) is 8.55. The van der Waals surface area contributed by atoms with Gasteiger partial charge in [0.2, 0.25) is 0 Å². The zero-order valence-corrected chi connectivity index (χ0v) is 13.6. The zero-order valence-electron chi connectivity index (χ0n) is 12.0. The number of thioether (sulfide) groups is 1. The Morgan fingerprint density at radius 2 is 1.87 bits per heavy atom. The van der Waals surface area contributed by atoms with Crippen molar-refractivity contribution in [1.29, 1.82) is 0 Å². The second-order valence-corrected chi connectivity index (χ2v) is 6.95. The molecule has 1 saturated heterocycles. The molecule has 136 valence electrons. The van der Waals surface area contributed by atoms with Crippen molar-refractivity contribution in [2.45, 2.75) is 36.8 Å². The van der Waals surface area contributed by atoms with Crippen LogP contribution in [0.3, 0.4) is 0 Å². The van der Waals surface area contributed by atoms with E-state index >= 15 is 0 Å². The predicted octanol–water partition coefficient (Wildman–Crippen LogP) is -2.72. The van der Waals surface area contributed by atoms with Gasteiger partial charge in [-0.15, -0.1) is 0 Å². The molecule has 1 rings (SSSR count). The third kappa shape index (κ3) is 5.81. The van der Waals surface area contributed by atoms with Crippen LogP contribution in [0.1, 0.15) is 6.92 Å². The van der Waals surface area contributed by atoms with E-state index in [4.69, 9.17) is 19.5 Å². The molecule has 11 nitrogen and oxygen atoms in total. The average Bonchev–Trinajstić information content (AvgIpc) is 2.49. The number of aliphatic hydroxyl groups excluding tert-OH is 5. The first kappa shape index (κ1) is 20.5. The minimum absolute atomic E-state index is 0.158. The monoisotopic (exact) mass is 377 g/mol. The molecule has 0 aliphatic carbocycles. The number of nitrogens with zero attached hydrogens (tertiary/aromatic N) is 1. The Morgan fingerprint density at radius 1 is 1.26 bits per heavy atom. The molecule has 0 amide bonds. The maximum Gasteiger partial charge on any atom is 0.466 e. The van der Waals surface area contributed by atoms with Gasteiger partial charge in [0.05, 0.1) is 13.2 Å². The van der Waals surface area contributed by atoms with Crippen molar-refractivity contribution >= 4 is 27.2 Å².